The Hall–Kier alpha value is -1.42. The van der Waals surface area contributed by atoms with Crippen LogP contribution in [-0.4, -0.2) is 47.5 Å². The van der Waals surface area contributed by atoms with Gasteiger partial charge in [0.05, 0.1) is 32.1 Å². The van der Waals surface area contributed by atoms with Gasteiger partial charge in [-0.05, 0) is 19.8 Å². The lowest BCUT2D eigenvalue weighted by molar-refractivity contribution is 0.0677. The smallest absolute Gasteiger partial charge is 0.0692 e. The predicted molar refractivity (Wildman–Crippen MR) is 76.9 cm³/mol. The molecule has 0 saturated heterocycles. The molecule has 112 valence electrons. The molecule has 0 spiro atoms. The average Bonchev–Trinajstić information content (AvgIpc) is 2.95. The third-order valence-corrected chi connectivity index (χ3v) is 2.61. The second-order valence-corrected chi connectivity index (χ2v) is 4.46. The Labute approximate surface area is 120 Å². The summed E-state index contributed by atoms with van der Waals surface area (Å²) in [6.45, 7) is 5.09. The van der Waals surface area contributed by atoms with Gasteiger partial charge >= 0.3 is 0 Å². The van der Waals surface area contributed by atoms with E-state index in [1.54, 1.807) is 6.20 Å². The largest absolute Gasteiger partial charge is 0.380 e. The molecule has 0 aliphatic heterocycles. The van der Waals surface area contributed by atoms with Gasteiger partial charge in [-0.25, -0.2) is 0 Å². The number of ether oxygens (including phenoxy) is 2. The number of hydrogen-bond donors (Lipinski definition) is 1. The number of rotatable bonds is 11. The molecule has 20 heavy (non-hydrogen) atoms. The summed E-state index contributed by atoms with van der Waals surface area (Å²) in [6.07, 6.45) is 6.30. The lowest BCUT2D eigenvalue weighted by Gasteiger charge is -2.12. The van der Waals surface area contributed by atoms with E-state index in [2.05, 4.69) is 22.2 Å². The minimum absolute atomic E-state index is 0.0695. The molecule has 0 aromatic carbocycles. The van der Waals surface area contributed by atoms with Gasteiger partial charge in [-0.15, -0.1) is 16.9 Å². The maximum absolute atomic E-state index is 5.87. The van der Waals surface area contributed by atoms with Gasteiger partial charge in [0.15, 0.2) is 0 Å². The second kappa shape index (κ2) is 11.4. The molecule has 0 radical (unpaired) electrons. The summed E-state index contributed by atoms with van der Waals surface area (Å²) in [5.74, 6) is 5.76. The van der Waals surface area contributed by atoms with Crippen molar-refractivity contribution in [1.82, 2.24) is 15.0 Å². The van der Waals surface area contributed by atoms with Crippen molar-refractivity contribution in [3.8, 4) is 11.8 Å². The molecule has 0 amide bonds. The first-order valence-electron chi connectivity index (χ1n) is 6.97. The molecular formula is C14H24N4O2. The molecule has 0 fully saturated rings. The van der Waals surface area contributed by atoms with Gasteiger partial charge in [0.1, 0.15) is 0 Å². The molecule has 1 aromatic rings. The first-order chi connectivity index (χ1) is 9.83. The normalized spacial score (nSPS) is 11.9. The first-order valence-corrected chi connectivity index (χ1v) is 6.97. The lowest BCUT2D eigenvalue weighted by atomic mass is 10.3. The van der Waals surface area contributed by atoms with Crippen LogP contribution in [0.4, 0.5) is 0 Å². The summed E-state index contributed by atoms with van der Waals surface area (Å²) in [5, 5.41) is 7.65. The Kier molecular flexibility index (Phi) is 9.49. The van der Waals surface area contributed by atoms with Crippen LogP contribution in [0.3, 0.4) is 0 Å². The third-order valence-electron chi connectivity index (χ3n) is 2.61. The average molecular weight is 280 g/mol. The molecule has 6 heteroatoms. The van der Waals surface area contributed by atoms with Crippen LogP contribution in [0.15, 0.2) is 12.4 Å². The number of nitrogens with zero attached hydrogens (tertiary/aromatic N) is 3. The van der Waals surface area contributed by atoms with Crippen molar-refractivity contribution < 1.29 is 9.47 Å². The van der Waals surface area contributed by atoms with Crippen molar-refractivity contribution in [2.45, 2.75) is 38.8 Å². The van der Waals surface area contributed by atoms with Gasteiger partial charge < -0.3 is 15.2 Å². The van der Waals surface area contributed by atoms with Crippen LogP contribution in [0.2, 0.25) is 0 Å². The van der Waals surface area contributed by atoms with Gasteiger partial charge in [-0.1, -0.05) is 5.21 Å². The summed E-state index contributed by atoms with van der Waals surface area (Å²) < 4.78 is 12.7. The zero-order valence-corrected chi connectivity index (χ0v) is 12.1. The molecule has 2 N–H and O–H groups in total. The maximum Gasteiger partial charge on any atom is 0.0692 e. The summed E-state index contributed by atoms with van der Waals surface area (Å²) in [7, 11) is 0. The van der Waals surface area contributed by atoms with Crippen molar-refractivity contribution in [3.05, 3.63) is 12.4 Å². The van der Waals surface area contributed by atoms with Crippen LogP contribution in [0, 0.1) is 11.8 Å². The van der Waals surface area contributed by atoms with E-state index in [9.17, 15) is 0 Å². The highest BCUT2D eigenvalue weighted by Crippen LogP contribution is 1.95. The van der Waals surface area contributed by atoms with E-state index in [4.69, 9.17) is 15.2 Å². The summed E-state index contributed by atoms with van der Waals surface area (Å²) in [5.41, 5.74) is 5.87. The molecule has 1 heterocycles. The molecule has 1 rings (SSSR count). The first kappa shape index (κ1) is 16.6. The molecule has 1 aromatic heterocycles. The van der Waals surface area contributed by atoms with E-state index in [0.29, 0.717) is 26.4 Å². The van der Waals surface area contributed by atoms with E-state index in [0.717, 1.165) is 25.8 Å². The Balaban J connectivity index is 1.86. The molecule has 0 saturated carbocycles. The van der Waals surface area contributed by atoms with Crippen LogP contribution in [0.5, 0.6) is 0 Å². The number of unbranched alkanes of at least 4 members (excludes halogenated alkanes) is 1. The minimum Gasteiger partial charge on any atom is -0.380 e. The monoisotopic (exact) mass is 280 g/mol. The van der Waals surface area contributed by atoms with E-state index in [1.807, 2.05) is 17.8 Å². The molecule has 6 nitrogen and oxygen atoms in total. The highest BCUT2D eigenvalue weighted by atomic mass is 16.5. The van der Waals surface area contributed by atoms with Crippen LogP contribution in [0.1, 0.15) is 26.2 Å². The topological polar surface area (TPSA) is 75.2 Å². The molecule has 0 bridgehead atoms. The summed E-state index contributed by atoms with van der Waals surface area (Å²) >= 11 is 0. The van der Waals surface area contributed by atoms with Gasteiger partial charge in [-0.3, -0.25) is 4.68 Å². The summed E-state index contributed by atoms with van der Waals surface area (Å²) in [6, 6.07) is -0.0695. The molecule has 0 aliphatic rings. The second-order valence-electron chi connectivity index (χ2n) is 4.46. The van der Waals surface area contributed by atoms with E-state index in [1.165, 1.54) is 0 Å². The van der Waals surface area contributed by atoms with Crippen molar-refractivity contribution in [2.75, 3.05) is 26.4 Å². The van der Waals surface area contributed by atoms with Crippen LogP contribution < -0.4 is 5.73 Å². The number of aromatic nitrogens is 3. The Bertz CT molecular complexity index is 384. The maximum atomic E-state index is 5.87. The van der Waals surface area contributed by atoms with Crippen molar-refractivity contribution >= 4 is 0 Å². The van der Waals surface area contributed by atoms with Crippen LogP contribution >= 0.6 is 0 Å². The highest BCUT2D eigenvalue weighted by Gasteiger charge is 2.02. The van der Waals surface area contributed by atoms with Crippen molar-refractivity contribution in [3.63, 3.8) is 0 Å². The van der Waals surface area contributed by atoms with Crippen molar-refractivity contribution in [1.29, 1.82) is 0 Å². The number of hydrogen-bond acceptors (Lipinski definition) is 5. The molecular weight excluding hydrogens is 256 g/mol. The standard InChI is InChI=1S/C14H24N4O2/c1-2-3-5-10-19-12-14(15)13-20-11-6-4-8-18-9-7-16-17-18/h7,9,14H,4-6,8,10-13,15H2,1H3. The van der Waals surface area contributed by atoms with Gasteiger partial charge in [0, 0.05) is 25.8 Å². The Morgan fingerprint density at radius 3 is 2.75 bits per heavy atom. The zero-order chi connectivity index (χ0) is 14.5. The number of nitrogens with two attached hydrogens (primary N) is 1. The van der Waals surface area contributed by atoms with Gasteiger partial charge in [-0.2, -0.15) is 0 Å². The minimum atomic E-state index is -0.0695. The fourth-order valence-corrected chi connectivity index (χ4v) is 1.60. The SMILES string of the molecule is CC#CCCOCC(N)COCCCCn1ccnn1. The molecule has 1 unspecified atom stereocenters. The van der Waals surface area contributed by atoms with E-state index >= 15 is 0 Å². The third kappa shape index (κ3) is 8.64. The van der Waals surface area contributed by atoms with Crippen molar-refractivity contribution in [2.24, 2.45) is 5.73 Å². The zero-order valence-electron chi connectivity index (χ0n) is 12.1. The van der Waals surface area contributed by atoms with Gasteiger partial charge in [0.25, 0.3) is 0 Å². The van der Waals surface area contributed by atoms with E-state index in [-0.39, 0.29) is 6.04 Å². The molecule has 0 aliphatic carbocycles. The fraction of sp³-hybridized carbons (Fsp3) is 0.714. The quantitative estimate of drug-likeness (QED) is 0.480. The van der Waals surface area contributed by atoms with Gasteiger partial charge in [0.2, 0.25) is 0 Å². The molecule has 1 atom stereocenters. The Morgan fingerprint density at radius 2 is 2.05 bits per heavy atom. The number of aryl methyl sites for hydroxylation is 1. The highest BCUT2D eigenvalue weighted by molar-refractivity contribution is 4.94. The van der Waals surface area contributed by atoms with E-state index < -0.39 is 0 Å². The lowest BCUT2D eigenvalue weighted by Crippen LogP contribution is -2.31. The van der Waals surface area contributed by atoms with Crippen LogP contribution in [-0.2, 0) is 16.0 Å². The Morgan fingerprint density at radius 1 is 1.25 bits per heavy atom. The van der Waals surface area contributed by atoms with Crippen LogP contribution in [0.25, 0.3) is 0 Å². The summed E-state index contributed by atoms with van der Waals surface area (Å²) in [4.78, 5) is 0. The fourth-order valence-electron chi connectivity index (χ4n) is 1.60. The predicted octanol–water partition coefficient (Wildman–Crippen LogP) is 0.832.